The Morgan fingerprint density at radius 1 is 1.50 bits per heavy atom. The number of amides is 1. The Bertz CT molecular complexity index is 189. The molecule has 0 radical (unpaired) electrons. The lowest BCUT2D eigenvalue weighted by molar-refractivity contribution is 0.0528. The number of carbonyl (C=O) groups is 2. The van der Waals surface area contributed by atoms with Gasteiger partial charge in [-0.2, -0.15) is 0 Å². The van der Waals surface area contributed by atoms with Gasteiger partial charge in [0.15, 0.2) is 5.62 Å². The zero-order valence-corrected chi connectivity index (χ0v) is 9.65. The third-order valence-electron chi connectivity index (χ3n) is 1.18. The number of rotatable bonds is 5. The van der Waals surface area contributed by atoms with Crippen LogP contribution in [0.4, 0.5) is 4.79 Å². The first-order valence-corrected chi connectivity index (χ1v) is 5.52. The maximum absolute atomic E-state index is 11.1. The van der Waals surface area contributed by atoms with Crippen LogP contribution in [0.3, 0.4) is 0 Å². The summed E-state index contributed by atoms with van der Waals surface area (Å²) in [4.78, 5) is 21.0. The van der Waals surface area contributed by atoms with Crippen LogP contribution in [0, 0.1) is 0 Å². The van der Waals surface area contributed by atoms with Crippen LogP contribution >= 0.6 is 11.8 Å². The molecule has 0 aromatic heterocycles. The van der Waals surface area contributed by atoms with Gasteiger partial charge >= 0.3 is 6.09 Å². The van der Waals surface area contributed by atoms with Gasteiger partial charge in [-0.05, 0) is 27.2 Å². The number of hydrogen-bond acceptors (Lipinski definition) is 4. The summed E-state index contributed by atoms with van der Waals surface area (Å²) < 4.78 is 5.02. The first-order chi connectivity index (χ1) is 6.45. The Kier molecular flexibility index (Phi) is 6.36. The monoisotopic (exact) mass is 219 g/mol. The van der Waals surface area contributed by atoms with E-state index in [9.17, 15) is 9.59 Å². The molecule has 1 amide bonds. The Morgan fingerprint density at radius 2 is 2.14 bits per heavy atom. The van der Waals surface area contributed by atoms with E-state index in [4.69, 9.17) is 4.74 Å². The Hall–Kier alpha value is -0.710. The number of alkyl carbamates (subject to hydrolysis) is 1. The van der Waals surface area contributed by atoms with Gasteiger partial charge < -0.3 is 10.1 Å². The first-order valence-electron chi connectivity index (χ1n) is 4.48. The third-order valence-corrected chi connectivity index (χ3v) is 1.84. The summed E-state index contributed by atoms with van der Waals surface area (Å²) in [5.74, 6) is 0.722. The fourth-order valence-corrected chi connectivity index (χ4v) is 1.12. The fraction of sp³-hybridized carbons (Fsp3) is 0.778. The van der Waals surface area contributed by atoms with Gasteiger partial charge in [0.2, 0.25) is 0 Å². The van der Waals surface area contributed by atoms with Crippen LogP contribution in [0.25, 0.3) is 0 Å². The smallest absolute Gasteiger partial charge is 0.407 e. The molecule has 0 aromatic carbocycles. The van der Waals surface area contributed by atoms with Gasteiger partial charge in [0.05, 0.1) is 0 Å². The standard InChI is InChI=1S/C9H17NO3S/c1-9(2,3)13-8(12)10-5-4-6-14-7-11/h7H,4-6H2,1-3H3,(H,10,12). The second kappa shape index (κ2) is 6.70. The number of thioether (sulfide) groups is 1. The van der Waals surface area contributed by atoms with Crippen molar-refractivity contribution in [2.24, 2.45) is 0 Å². The molecule has 0 aliphatic carbocycles. The molecule has 5 heteroatoms. The Balaban J connectivity index is 3.41. The number of ether oxygens (including phenoxy) is 1. The molecule has 82 valence electrons. The molecule has 1 N–H and O–H groups in total. The van der Waals surface area contributed by atoms with Gasteiger partial charge in [-0.1, -0.05) is 11.8 Å². The van der Waals surface area contributed by atoms with E-state index >= 15 is 0 Å². The van der Waals surface area contributed by atoms with Crippen LogP contribution in [0.2, 0.25) is 0 Å². The molecule has 0 aromatic rings. The maximum Gasteiger partial charge on any atom is 0.407 e. The molecular weight excluding hydrogens is 202 g/mol. The van der Waals surface area contributed by atoms with Crippen LogP contribution in [0.1, 0.15) is 27.2 Å². The maximum atomic E-state index is 11.1. The quantitative estimate of drug-likeness (QED) is 0.566. The second-order valence-corrected chi connectivity index (χ2v) is 4.68. The normalized spacial score (nSPS) is 10.8. The van der Waals surface area contributed by atoms with E-state index in [-0.39, 0.29) is 0 Å². The molecule has 0 atom stereocenters. The summed E-state index contributed by atoms with van der Waals surface area (Å²) in [6.45, 7) is 5.98. The van der Waals surface area contributed by atoms with E-state index in [1.807, 2.05) is 20.8 Å². The number of carbonyl (C=O) groups excluding carboxylic acids is 2. The highest BCUT2D eigenvalue weighted by Crippen LogP contribution is 2.06. The van der Waals surface area contributed by atoms with Gasteiger partial charge in [0, 0.05) is 12.3 Å². The van der Waals surface area contributed by atoms with E-state index in [1.165, 1.54) is 11.8 Å². The van der Waals surface area contributed by atoms with E-state index in [0.29, 0.717) is 6.54 Å². The molecule has 0 aliphatic rings. The van der Waals surface area contributed by atoms with Gasteiger partial charge in [0.1, 0.15) is 5.60 Å². The minimum atomic E-state index is -0.457. The van der Waals surface area contributed by atoms with Gasteiger partial charge in [0.25, 0.3) is 0 Å². The van der Waals surface area contributed by atoms with E-state index < -0.39 is 11.7 Å². The average Bonchev–Trinajstić information content (AvgIpc) is 2.00. The van der Waals surface area contributed by atoms with Crippen molar-refractivity contribution in [2.45, 2.75) is 32.8 Å². The highest BCUT2D eigenvalue weighted by atomic mass is 32.2. The lowest BCUT2D eigenvalue weighted by Gasteiger charge is -2.19. The van der Waals surface area contributed by atoms with E-state index in [2.05, 4.69) is 5.32 Å². The van der Waals surface area contributed by atoms with Crippen LogP contribution in [-0.2, 0) is 9.53 Å². The summed E-state index contributed by atoms with van der Waals surface area (Å²) in [7, 11) is 0. The lowest BCUT2D eigenvalue weighted by Crippen LogP contribution is -2.33. The molecular formula is C9H17NO3S. The second-order valence-electron chi connectivity index (χ2n) is 3.75. The predicted octanol–water partition coefficient (Wildman–Crippen LogP) is 1.82. The molecule has 4 nitrogen and oxygen atoms in total. The van der Waals surface area contributed by atoms with Crippen molar-refractivity contribution in [3.8, 4) is 0 Å². The first kappa shape index (κ1) is 13.3. The zero-order chi connectivity index (χ0) is 11.0. The van der Waals surface area contributed by atoms with Crippen molar-refractivity contribution >= 4 is 23.5 Å². The molecule has 14 heavy (non-hydrogen) atoms. The minimum absolute atomic E-state index is 0.409. The summed E-state index contributed by atoms with van der Waals surface area (Å²) in [6.07, 6.45) is 0.358. The van der Waals surface area contributed by atoms with Crippen LogP contribution < -0.4 is 5.32 Å². The van der Waals surface area contributed by atoms with Crippen LogP contribution in [-0.4, -0.2) is 29.6 Å². The topological polar surface area (TPSA) is 55.4 Å². The summed E-state index contributed by atoms with van der Waals surface area (Å²) >= 11 is 1.20. The summed E-state index contributed by atoms with van der Waals surface area (Å²) in [5.41, 5.74) is 0.342. The van der Waals surface area contributed by atoms with Crippen LogP contribution in [0.5, 0.6) is 0 Å². The molecule has 0 spiro atoms. The largest absolute Gasteiger partial charge is 0.444 e. The van der Waals surface area contributed by atoms with Crippen molar-refractivity contribution in [3.63, 3.8) is 0 Å². The van der Waals surface area contributed by atoms with Crippen LogP contribution in [0.15, 0.2) is 0 Å². The minimum Gasteiger partial charge on any atom is -0.444 e. The molecule has 0 saturated heterocycles. The number of nitrogens with one attached hydrogen (secondary N) is 1. The summed E-state index contributed by atoms with van der Waals surface area (Å²) in [5, 5.41) is 2.61. The highest BCUT2D eigenvalue weighted by molar-refractivity contribution is 8.11. The summed E-state index contributed by atoms with van der Waals surface area (Å²) in [6, 6.07) is 0. The Morgan fingerprint density at radius 3 is 2.64 bits per heavy atom. The van der Waals surface area contributed by atoms with Gasteiger partial charge in [-0.15, -0.1) is 0 Å². The number of hydrogen-bond donors (Lipinski definition) is 1. The van der Waals surface area contributed by atoms with Crippen molar-refractivity contribution in [1.82, 2.24) is 5.32 Å². The molecule has 0 fully saturated rings. The molecule has 0 aliphatic heterocycles. The molecule has 0 heterocycles. The molecule has 0 unspecified atom stereocenters. The van der Waals surface area contributed by atoms with Crippen molar-refractivity contribution in [3.05, 3.63) is 0 Å². The average molecular weight is 219 g/mol. The zero-order valence-electron chi connectivity index (χ0n) is 8.83. The highest BCUT2D eigenvalue weighted by Gasteiger charge is 2.15. The van der Waals surface area contributed by atoms with Crippen molar-refractivity contribution in [2.75, 3.05) is 12.3 Å². The van der Waals surface area contributed by atoms with Crippen molar-refractivity contribution < 1.29 is 14.3 Å². The molecule has 0 bridgehead atoms. The van der Waals surface area contributed by atoms with Gasteiger partial charge in [-0.25, -0.2) is 4.79 Å². The predicted molar refractivity (Wildman–Crippen MR) is 58.1 cm³/mol. The molecule has 0 rings (SSSR count). The Labute approximate surface area is 88.8 Å². The molecule has 0 saturated carbocycles. The van der Waals surface area contributed by atoms with E-state index in [1.54, 1.807) is 0 Å². The lowest BCUT2D eigenvalue weighted by atomic mass is 10.2. The van der Waals surface area contributed by atoms with E-state index in [0.717, 1.165) is 17.8 Å². The fourth-order valence-electron chi connectivity index (χ4n) is 0.708. The SMILES string of the molecule is CC(C)(C)OC(=O)NCCCSC=O. The third kappa shape index (κ3) is 9.38. The van der Waals surface area contributed by atoms with Crippen molar-refractivity contribution in [1.29, 1.82) is 0 Å². The van der Waals surface area contributed by atoms with Gasteiger partial charge in [-0.3, -0.25) is 4.79 Å².